The van der Waals surface area contributed by atoms with E-state index in [4.69, 9.17) is 10.3 Å². The predicted molar refractivity (Wildman–Crippen MR) is 138 cm³/mol. The molecular weight excluding hydrogens is 497 g/mol. The average Bonchev–Trinajstić information content (AvgIpc) is 2.29. The molecule has 0 aromatic carbocycles. The van der Waals surface area contributed by atoms with Crippen molar-refractivity contribution in [2.75, 3.05) is 0 Å². The van der Waals surface area contributed by atoms with Crippen molar-refractivity contribution in [3.8, 4) is 0 Å². The van der Waals surface area contributed by atoms with Gasteiger partial charge in [-0.05, 0) is 45.0 Å². The summed E-state index contributed by atoms with van der Waals surface area (Å²) < 4.78 is 0. The molecule has 0 aromatic heterocycles. The van der Waals surface area contributed by atoms with Crippen LogP contribution >= 0.6 is 14.1 Å². The third-order valence-electron chi connectivity index (χ3n) is 6.04. The van der Waals surface area contributed by atoms with Crippen molar-refractivity contribution in [2.24, 2.45) is 0 Å². The molecule has 2 N–H and O–H groups in total. The third kappa shape index (κ3) is 9.04. The third-order valence-corrected chi connectivity index (χ3v) is 18.1. The predicted octanol–water partition coefficient (Wildman–Crippen LogP) is 4.33. The molecule has 0 bridgehead atoms. The van der Waals surface area contributed by atoms with Crippen LogP contribution in [0, 0.1) is 10.3 Å². The Hall–Kier alpha value is 1.75. The van der Waals surface area contributed by atoms with Gasteiger partial charge in [-0.1, -0.05) is 125 Å². The van der Waals surface area contributed by atoms with Crippen molar-refractivity contribution >= 4 is 14.1 Å². The zero-order valence-corrected chi connectivity index (χ0v) is 29.0. The largest absolute Gasteiger partial charge is 2.00 e. The van der Waals surface area contributed by atoms with Crippen molar-refractivity contribution in [3.05, 3.63) is 0 Å². The first-order valence-electron chi connectivity index (χ1n) is 10.8. The van der Waals surface area contributed by atoms with Crippen molar-refractivity contribution in [1.29, 1.82) is 10.3 Å². The van der Waals surface area contributed by atoms with Crippen LogP contribution in [0.5, 0.6) is 0 Å². The molecule has 0 heterocycles. The number of nitrogens with one attached hydrogen (secondary N) is 2. The van der Waals surface area contributed by atoms with Crippen LogP contribution in [0.25, 0.3) is 0 Å². The smallest absolute Gasteiger partial charge is 1.00 e. The van der Waals surface area contributed by atoms with E-state index in [1.165, 1.54) is 0 Å². The fourth-order valence-corrected chi connectivity index (χ4v) is 18.1. The average molecular weight is 553 g/mol. The second kappa shape index (κ2) is 12.1. The maximum atomic E-state index is 8.99. The Labute approximate surface area is 225 Å². The van der Waals surface area contributed by atoms with Gasteiger partial charge in [-0.25, -0.2) is 0 Å². The number of rotatable bonds is 0. The molecule has 0 aromatic rings. The summed E-state index contributed by atoms with van der Waals surface area (Å²) in [6.45, 7) is 40.1. The molecule has 31 heavy (non-hydrogen) atoms. The zero-order chi connectivity index (χ0) is 24.0. The van der Waals surface area contributed by atoms with E-state index in [9.17, 15) is 0 Å². The van der Waals surface area contributed by atoms with Crippen molar-refractivity contribution in [1.82, 2.24) is 0 Å². The van der Waals surface area contributed by atoms with Gasteiger partial charge in [0.25, 0.3) is 0 Å². The molecule has 0 atom stereocenters. The molecule has 0 fully saturated rings. The Kier molecular flexibility index (Phi) is 16.8. The summed E-state index contributed by atoms with van der Waals surface area (Å²) in [5.41, 5.74) is 0. The molecule has 0 saturated heterocycles. The van der Waals surface area contributed by atoms with Crippen LogP contribution in [0.1, 0.15) is 125 Å². The molecule has 0 aliphatic heterocycles. The van der Waals surface area contributed by atoms with E-state index in [0.717, 1.165) is 0 Å². The molecule has 0 saturated carbocycles. The second-order valence-electron chi connectivity index (χ2n) is 14.4. The van der Waals surface area contributed by atoms with Gasteiger partial charge in [0.15, 0.2) is 0 Å². The van der Waals surface area contributed by atoms with Gasteiger partial charge in [-0.3, -0.25) is 0 Å². The SMILES string of the molecule is CC(C)(C)P(=N)(C(C)(C)C)C(C)(C)C.CC(C)(C)P(=N)(C(C)(C)C)C(C)(C)C.[Cl-].[Cl-].[Ti+2]. The second-order valence-corrected chi connectivity index (χ2v) is 25.1. The van der Waals surface area contributed by atoms with E-state index >= 15 is 0 Å². The molecule has 0 amide bonds. The van der Waals surface area contributed by atoms with E-state index in [2.05, 4.69) is 125 Å². The number of hydrogen-bond donors (Lipinski definition) is 2. The minimum Gasteiger partial charge on any atom is -1.00 e. The van der Waals surface area contributed by atoms with Gasteiger partial charge in [-0.15, -0.1) is 0 Å². The monoisotopic (exact) mass is 552 g/mol. The van der Waals surface area contributed by atoms with Crippen molar-refractivity contribution in [2.45, 2.75) is 156 Å². The molecule has 0 rings (SSSR count). The zero-order valence-electron chi connectivity index (χ0n) is 24.2. The van der Waals surface area contributed by atoms with E-state index in [1.54, 1.807) is 0 Å². The molecule has 0 spiro atoms. The van der Waals surface area contributed by atoms with Crippen molar-refractivity contribution < 1.29 is 46.5 Å². The Bertz CT molecular complexity index is 477. The first-order chi connectivity index (χ1) is 11.5. The van der Waals surface area contributed by atoms with Crippen LogP contribution in [-0.2, 0) is 21.7 Å². The maximum absolute atomic E-state index is 8.99. The Morgan fingerprint density at radius 3 is 0.387 bits per heavy atom. The molecule has 7 heteroatoms. The van der Waals surface area contributed by atoms with Gasteiger partial charge in [0.2, 0.25) is 0 Å². The molecule has 0 aliphatic carbocycles. The van der Waals surface area contributed by atoms with Crippen LogP contribution in [0.4, 0.5) is 0 Å². The van der Waals surface area contributed by atoms with Gasteiger partial charge in [0.1, 0.15) is 0 Å². The minimum absolute atomic E-state index is 0. The van der Waals surface area contributed by atoms with E-state index in [1.807, 2.05) is 0 Å². The van der Waals surface area contributed by atoms with E-state index < -0.39 is 14.1 Å². The van der Waals surface area contributed by atoms with Gasteiger partial charge in [-0.2, -0.15) is 0 Å². The molecule has 0 aliphatic rings. The Morgan fingerprint density at radius 2 is 0.387 bits per heavy atom. The van der Waals surface area contributed by atoms with Gasteiger partial charge in [0.05, 0.1) is 0 Å². The van der Waals surface area contributed by atoms with Crippen LogP contribution in [-0.4, -0.2) is 30.9 Å². The van der Waals surface area contributed by atoms with Gasteiger partial charge < -0.3 is 35.1 Å². The summed E-state index contributed by atoms with van der Waals surface area (Å²) in [7, 11) is -3.54. The molecule has 190 valence electrons. The van der Waals surface area contributed by atoms with E-state index in [-0.39, 0.29) is 77.5 Å². The topological polar surface area (TPSA) is 47.7 Å². The summed E-state index contributed by atoms with van der Waals surface area (Å²) in [5, 5.41) is 18.6. The first-order valence-corrected chi connectivity index (χ1v) is 14.4. The van der Waals surface area contributed by atoms with Gasteiger partial charge >= 0.3 is 21.7 Å². The maximum Gasteiger partial charge on any atom is 2.00 e. The minimum atomic E-state index is -1.77. The summed E-state index contributed by atoms with van der Waals surface area (Å²) in [5.74, 6) is 0. The molecule has 0 radical (unpaired) electrons. The van der Waals surface area contributed by atoms with Gasteiger partial charge in [0, 0.05) is 0 Å². The Balaban J connectivity index is -0.000000133. The standard InChI is InChI=1S/2C12H28NP.2ClH.Ti/c2*1-10(2,3)14(13,11(4,5)6)12(7,8)9;;;/h2*13H,1-9H3;2*1H;/q;;;;+2/p-2. The quantitative estimate of drug-likeness (QED) is 0.332. The summed E-state index contributed by atoms with van der Waals surface area (Å²) in [6.07, 6.45) is 0. The van der Waals surface area contributed by atoms with Crippen LogP contribution < -0.4 is 24.8 Å². The normalized spacial score (nSPS) is 14.3. The number of halogens is 2. The van der Waals surface area contributed by atoms with Crippen molar-refractivity contribution in [3.63, 3.8) is 0 Å². The molecular formula is C24H56Cl2N2P2Ti. The summed E-state index contributed by atoms with van der Waals surface area (Å²) in [4.78, 5) is 0. The summed E-state index contributed by atoms with van der Waals surface area (Å²) in [6, 6.07) is 0. The first kappa shape index (κ1) is 42.9. The Morgan fingerprint density at radius 1 is 0.323 bits per heavy atom. The molecule has 0 unspecified atom stereocenters. The van der Waals surface area contributed by atoms with E-state index in [0.29, 0.717) is 0 Å². The fraction of sp³-hybridized carbons (Fsp3) is 1.00. The number of hydrogen-bond acceptors (Lipinski definition) is 2. The van der Waals surface area contributed by atoms with Crippen LogP contribution in [0.3, 0.4) is 0 Å². The molecule has 2 nitrogen and oxygen atoms in total. The van der Waals surface area contributed by atoms with Crippen LogP contribution in [0.2, 0.25) is 0 Å². The van der Waals surface area contributed by atoms with Crippen LogP contribution in [0.15, 0.2) is 0 Å². The summed E-state index contributed by atoms with van der Waals surface area (Å²) >= 11 is 0. The fourth-order valence-electron chi connectivity index (χ4n) is 6.04.